The van der Waals surface area contributed by atoms with Crippen LogP contribution >= 0.6 is 15.9 Å². The Hall–Kier alpha value is -0.650. The largest absolute Gasteiger partial charge is 0.369 e. The lowest BCUT2D eigenvalue weighted by Gasteiger charge is -2.25. The monoisotopic (exact) mass is 326 g/mol. The van der Waals surface area contributed by atoms with E-state index in [9.17, 15) is 0 Å². The van der Waals surface area contributed by atoms with Gasteiger partial charge in [0, 0.05) is 38.6 Å². The predicted molar refractivity (Wildman–Crippen MR) is 83.4 cm³/mol. The van der Waals surface area contributed by atoms with Crippen LogP contribution in [0.25, 0.3) is 0 Å². The molecule has 0 spiro atoms. The first kappa shape index (κ1) is 14.8. The molecule has 0 amide bonds. The third-order valence-electron chi connectivity index (χ3n) is 3.65. The number of hydrogen-bond acceptors (Lipinski definition) is 4. The normalized spacial score (nSPS) is 19.2. The smallest absolute Gasteiger partial charge is 0.0592 e. The van der Waals surface area contributed by atoms with Crippen LogP contribution in [-0.4, -0.2) is 49.2 Å². The molecule has 1 atom stereocenters. The van der Waals surface area contributed by atoms with Crippen LogP contribution in [0.15, 0.2) is 22.9 Å². The van der Waals surface area contributed by atoms with Crippen LogP contribution in [0.2, 0.25) is 0 Å². The highest BCUT2D eigenvalue weighted by molar-refractivity contribution is 9.10. The minimum Gasteiger partial charge on any atom is -0.369 e. The van der Waals surface area contributed by atoms with Gasteiger partial charge in [-0.1, -0.05) is 6.92 Å². The molecule has 4 nitrogen and oxygen atoms in total. The molecule has 2 heterocycles. The van der Waals surface area contributed by atoms with Gasteiger partial charge in [0.15, 0.2) is 0 Å². The minimum atomic E-state index is 0.583. The molecule has 1 aromatic rings. The molecule has 1 unspecified atom stereocenters. The molecular formula is C14H23BrN4. The standard InChI is InChI=1S/C14H23BrN4/c1-12(9-16)11-18-5-2-6-19(8-7-18)14-3-4-17-10-13(14)15/h3-4,10,12H,2,5-9,11,16H2,1H3. The lowest BCUT2D eigenvalue weighted by molar-refractivity contribution is 0.255. The maximum atomic E-state index is 5.72. The SMILES string of the molecule is CC(CN)CN1CCCN(c2ccncc2Br)CC1. The third-order valence-corrected chi connectivity index (χ3v) is 4.26. The minimum absolute atomic E-state index is 0.583. The first-order valence-electron chi connectivity index (χ1n) is 6.97. The van der Waals surface area contributed by atoms with E-state index in [2.05, 4.69) is 43.7 Å². The molecule has 0 aromatic carbocycles. The van der Waals surface area contributed by atoms with E-state index >= 15 is 0 Å². The first-order valence-corrected chi connectivity index (χ1v) is 7.77. The van der Waals surface area contributed by atoms with E-state index in [4.69, 9.17) is 5.73 Å². The molecule has 1 aliphatic rings. The van der Waals surface area contributed by atoms with E-state index in [1.165, 1.54) is 18.7 Å². The number of nitrogens with two attached hydrogens (primary N) is 1. The number of hydrogen-bond donors (Lipinski definition) is 1. The van der Waals surface area contributed by atoms with Gasteiger partial charge < -0.3 is 15.5 Å². The Balaban J connectivity index is 1.95. The quantitative estimate of drug-likeness (QED) is 0.918. The second-order valence-corrected chi connectivity index (χ2v) is 6.16. The van der Waals surface area contributed by atoms with Crippen LogP contribution in [0.5, 0.6) is 0 Å². The zero-order chi connectivity index (χ0) is 13.7. The number of rotatable bonds is 4. The average Bonchev–Trinajstić information content (AvgIpc) is 2.65. The van der Waals surface area contributed by atoms with Gasteiger partial charge in [-0.2, -0.15) is 0 Å². The maximum absolute atomic E-state index is 5.72. The number of anilines is 1. The lowest BCUT2D eigenvalue weighted by atomic mass is 10.1. The molecule has 2 rings (SSSR count). The summed E-state index contributed by atoms with van der Waals surface area (Å²) < 4.78 is 1.08. The second kappa shape index (κ2) is 7.22. The molecule has 1 aromatic heterocycles. The van der Waals surface area contributed by atoms with Crippen molar-refractivity contribution in [3.8, 4) is 0 Å². The lowest BCUT2D eigenvalue weighted by Crippen LogP contribution is -2.35. The number of halogens is 1. The van der Waals surface area contributed by atoms with Crippen LogP contribution in [-0.2, 0) is 0 Å². The van der Waals surface area contributed by atoms with Crippen molar-refractivity contribution in [3.63, 3.8) is 0 Å². The highest BCUT2D eigenvalue weighted by Gasteiger charge is 2.17. The summed E-state index contributed by atoms with van der Waals surface area (Å²) in [4.78, 5) is 9.11. The Morgan fingerprint density at radius 2 is 2.21 bits per heavy atom. The van der Waals surface area contributed by atoms with Crippen LogP contribution in [0.1, 0.15) is 13.3 Å². The Morgan fingerprint density at radius 1 is 1.37 bits per heavy atom. The molecule has 1 aliphatic heterocycles. The number of pyridine rings is 1. The summed E-state index contributed by atoms with van der Waals surface area (Å²) in [5.41, 5.74) is 6.97. The number of aromatic nitrogens is 1. The highest BCUT2D eigenvalue weighted by atomic mass is 79.9. The zero-order valence-corrected chi connectivity index (χ0v) is 13.1. The molecule has 1 fully saturated rings. The van der Waals surface area contributed by atoms with Gasteiger partial charge in [-0.15, -0.1) is 0 Å². The molecule has 106 valence electrons. The summed E-state index contributed by atoms with van der Waals surface area (Å²) in [5, 5.41) is 0. The fourth-order valence-corrected chi connectivity index (χ4v) is 3.04. The molecule has 5 heteroatoms. The van der Waals surface area contributed by atoms with Crippen molar-refractivity contribution in [2.24, 2.45) is 11.7 Å². The zero-order valence-electron chi connectivity index (χ0n) is 11.6. The first-order chi connectivity index (χ1) is 9.20. The van der Waals surface area contributed by atoms with Crippen molar-refractivity contribution in [2.75, 3.05) is 44.2 Å². The molecule has 2 N–H and O–H groups in total. The van der Waals surface area contributed by atoms with Crippen LogP contribution in [0.3, 0.4) is 0 Å². The van der Waals surface area contributed by atoms with Crippen molar-refractivity contribution in [1.29, 1.82) is 0 Å². The van der Waals surface area contributed by atoms with Crippen LogP contribution < -0.4 is 10.6 Å². The number of nitrogens with zero attached hydrogens (tertiary/aromatic N) is 3. The van der Waals surface area contributed by atoms with E-state index in [1.54, 1.807) is 0 Å². The van der Waals surface area contributed by atoms with Gasteiger partial charge in [-0.05, 0) is 47.4 Å². The van der Waals surface area contributed by atoms with E-state index < -0.39 is 0 Å². The predicted octanol–water partition coefficient (Wildman–Crippen LogP) is 1.95. The highest BCUT2D eigenvalue weighted by Crippen LogP contribution is 2.25. The summed E-state index contributed by atoms with van der Waals surface area (Å²) in [7, 11) is 0. The molecule has 0 aliphatic carbocycles. The summed E-state index contributed by atoms with van der Waals surface area (Å²) >= 11 is 3.59. The Kier molecular flexibility index (Phi) is 5.60. The summed E-state index contributed by atoms with van der Waals surface area (Å²) in [6.45, 7) is 8.57. The van der Waals surface area contributed by atoms with Gasteiger partial charge in [0.05, 0.1) is 10.2 Å². The van der Waals surface area contributed by atoms with Crippen molar-refractivity contribution < 1.29 is 0 Å². The average molecular weight is 327 g/mol. The third kappa shape index (κ3) is 4.16. The van der Waals surface area contributed by atoms with Crippen molar-refractivity contribution in [3.05, 3.63) is 22.9 Å². The summed E-state index contributed by atoms with van der Waals surface area (Å²) in [6, 6.07) is 2.09. The van der Waals surface area contributed by atoms with E-state index in [0.29, 0.717) is 5.92 Å². The van der Waals surface area contributed by atoms with Crippen LogP contribution in [0.4, 0.5) is 5.69 Å². The van der Waals surface area contributed by atoms with E-state index in [1.807, 2.05) is 12.4 Å². The van der Waals surface area contributed by atoms with E-state index in [0.717, 1.165) is 37.2 Å². The molecule has 0 saturated carbocycles. The molecule has 0 bridgehead atoms. The molecular weight excluding hydrogens is 304 g/mol. The van der Waals surface area contributed by atoms with Gasteiger partial charge in [-0.3, -0.25) is 4.98 Å². The van der Waals surface area contributed by atoms with Gasteiger partial charge in [-0.25, -0.2) is 0 Å². The Bertz CT molecular complexity index is 399. The second-order valence-electron chi connectivity index (χ2n) is 5.31. The summed E-state index contributed by atoms with van der Waals surface area (Å²) in [6.07, 6.45) is 4.93. The summed E-state index contributed by atoms with van der Waals surface area (Å²) in [5.74, 6) is 0.583. The fourth-order valence-electron chi connectivity index (χ4n) is 2.53. The van der Waals surface area contributed by atoms with Gasteiger partial charge in [0.1, 0.15) is 0 Å². The van der Waals surface area contributed by atoms with Gasteiger partial charge >= 0.3 is 0 Å². The molecule has 1 saturated heterocycles. The van der Waals surface area contributed by atoms with Crippen molar-refractivity contribution in [2.45, 2.75) is 13.3 Å². The molecule has 0 radical (unpaired) electrons. The van der Waals surface area contributed by atoms with Crippen molar-refractivity contribution in [1.82, 2.24) is 9.88 Å². The van der Waals surface area contributed by atoms with E-state index in [-0.39, 0.29) is 0 Å². The Labute approximate surface area is 124 Å². The maximum Gasteiger partial charge on any atom is 0.0592 e. The van der Waals surface area contributed by atoms with Crippen molar-refractivity contribution >= 4 is 21.6 Å². The topological polar surface area (TPSA) is 45.4 Å². The fraction of sp³-hybridized carbons (Fsp3) is 0.643. The van der Waals surface area contributed by atoms with Gasteiger partial charge in [0.25, 0.3) is 0 Å². The van der Waals surface area contributed by atoms with Gasteiger partial charge in [0.2, 0.25) is 0 Å². The Morgan fingerprint density at radius 3 is 2.95 bits per heavy atom. The molecule has 19 heavy (non-hydrogen) atoms. The van der Waals surface area contributed by atoms with Crippen LogP contribution in [0, 0.1) is 5.92 Å².